The second-order valence-corrected chi connectivity index (χ2v) is 6.02. The summed E-state index contributed by atoms with van der Waals surface area (Å²) in [6.07, 6.45) is -4.44. The standard InChI is InChI=1S/C14H15F3N4OS/c1-8(2)12-19-13(21-20-12)23-7-11(22)18-10-5-3-4-9(6-10)14(15,16)17/h3-6,8H,7H2,1-2H3,(H,18,22)(H,19,20,21). The molecule has 2 N–H and O–H groups in total. The van der Waals surface area contributed by atoms with Gasteiger partial charge in [-0.2, -0.15) is 13.2 Å². The smallest absolute Gasteiger partial charge is 0.325 e. The second kappa shape index (κ2) is 7.03. The van der Waals surface area contributed by atoms with Gasteiger partial charge in [-0.05, 0) is 18.2 Å². The number of nitrogens with zero attached hydrogens (tertiary/aromatic N) is 2. The van der Waals surface area contributed by atoms with E-state index in [9.17, 15) is 18.0 Å². The van der Waals surface area contributed by atoms with Gasteiger partial charge in [0.1, 0.15) is 5.82 Å². The zero-order valence-electron chi connectivity index (χ0n) is 12.4. The monoisotopic (exact) mass is 344 g/mol. The van der Waals surface area contributed by atoms with Crippen LogP contribution < -0.4 is 5.32 Å². The maximum absolute atomic E-state index is 12.6. The number of aromatic amines is 1. The molecule has 0 bridgehead atoms. The average Bonchev–Trinajstić information content (AvgIpc) is 2.94. The van der Waals surface area contributed by atoms with E-state index in [-0.39, 0.29) is 17.4 Å². The number of thioether (sulfide) groups is 1. The van der Waals surface area contributed by atoms with Crippen molar-refractivity contribution in [1.29, 1.82) is 0 Å². The summed E-state index contributed by atoms with van der Waals surface area (Å²) in [4.78, 5) is 16.0. The first-order chi connectivity index (χ1) is 10.8. The van der Waals surface area contributed by atoms with Crippen LogP contribution in [0.5, 0.6) is 0 Å². The van der Waals surface area contributed by atoms with Crippen molar-refractivity contribution in [2.75, 3.05) is 11.1 Å². The van der Waals surface area contributed by atoms with Crippen molar-refractivity contribution in [2.24, 2.45) is 0 Å². The molecule has 0 saturated carbocycles. The van der Waals surface area contributed by atoms with Gasteiger partial charge < -0.3 is 5.32 Å². The normalized spacial score (nSPS) is 11.7. The molecule has 0 atom stereocenters. The summed E-state index contributed by atoms with van der Waals surface area (Å²) in [6.45, 7) is 3.91. The lowest BCUT2D eigenvalue weighted by Crippen LogP contribution is -2.15. The van der Waals surface area contributed by atoms with Gasteiger partial charge in [0.15, 0.2) is 0 Å². The van der Waals surface area contributed by atoms with Gasteiger partial charge in [-0.15, -0.1) is 5.10 Å². The van der Waals surface area contributed by atoms with E-state index in [1.807, 2.05) is 13.8 Å². The summed E-state index contributed by atoms with van der Waals surface area (Å²) in [5.74, 6) is 0.484. The number of halogens is 3. The van der Waals surface area contributed by atoms with Crippen molar-refractivity contribution in [3.05, 3.63) is 35.7 Å². The fraction of sp³-hybridized carbons (Fsp3) is 0.357. The SMILES string of the molecule is CC(C)c1nc(SCC(=O)Nc2cccc(C(F)(F)F)c2)n[nH]1. The number of hydrogen-bond acceptors (Lipinski definition) is 4. The molecule has 124 valence electrons. The number of H-pyrrole nitrogens is 1. The summed E-state index contributed by atoms with van der Waals surface area (Å²) >= 11 is 1.11. The lowest BCUT2D eigenvalue weighted by molar-refractivity contribution is -0.137. The highest BCUT2D eigenvalue weighted by Gasteiger charge is 2.30. The molecule has 0 unspecified atom stereocenters. The minimum Gasteiger partial charge on any atom is -0.325 e. The Morgan fingerprint density at radius 1 is 1.39 bits per heavy atom. The van der Waals surface area contributed by atoms with Gasteiger partial charge in [0.05, 0.1) is 11.3 Å². The number of benzene rings is 1. The second-order valence-electron chi connectivity index (χ2n) is 5.07. The molecule has 0 spiro atoms. The Labute approximate surface area is 135 Å². The minimum absolute atomic E-state index is 0.00559. The van der Waals surface area contributed by atoms with Crippen LogP contribution in [0.1, 0.15) is 31.2 Å². The van der Waals surface area contributed by atoms with Gasteiger partial charge in [0.25, 0.3) is 0 Å². The average molecular weight is 344 g/mol. The zero-order chi connectivity index (χ0) is 17.0. The number of anilines is 1. The van der Waals surface area contributed by atoms with Gasteiger partial charge in [-0.25, -0.2) is 4.98 Å². The summed E-state index contributed by atoms with van der Waals surface area (Å²) in [5, 5.41) is 9.58. The first kappa shape index (κ1) is 17.3. The van der Waals surface area contributed by atoms with E-state index in [1.54, 1.807) is 0 Å². The third-order valence-electron chi connectivity index (χ3n) is 2.84. The van der Waals surface area contributed by atoms with Crippen LogP contribution in [0.25, 0.3) is 0 Å². The van der Waals surface area contributed by atoms with E-state index in [1.165, 1.54) is 12.1 Å². The van der Waals surface area contributed by atoms with Gasteiger partial charge in [0, 0.05) is 11.6 Å². The van der Waals surface area contributed by atoms with Gasteiger partial charge >= 0.3 is 6.18 Å². The summed E-state index contributed by atoms with van der Waals surface area (Å²) in [5.41, 5.74) is -0.707. The van der Waals surface area contributed by atoms with Crippen LogP contribution in [-0.2, 0) is 11.0 Å². The molecule has 2 aromatic rings. The molecule has 0 aliphatic heterocycles. The van der Waals surface area contributed by atoms with E-state index in [4.69, 9.17) is 0 Å². The highest BCUT2D eigenvalue weighted by Crippen LogP contribution is 2.30. The number of amides is 1. The highest BCUT2D eigenvalue weighted by atomic mass is 32.2. The predicted octanol–water partition coefficient (Wildman–Crippen LogP) is 3.68. The van der Waals surface area contributed by atoms with Gasteiger partial charge in [0.2, 0.25) is 11.1 Å². The number of rotatable bonds is 5. The van der Waals surface area contributed by atoms with E-state index in [2.05, 4.69) is 20.5 Å². The Morgan fingerprint density at radius 2 is 2.13 bits per heavy atom. The summed E-state index contributed by atoms with van der Waals surface area (Å²) in [7, 11) is 0. The Kier molecular flexibility index (Phi) is 5.30. The van der Waals surface area contributed by atoms with Crippen LogP contribution in [0.4, 0.5) is 18.9 Å². The fourth-order valence-electron chi connectivity index (χ4n) is 1.68. The molecule has 9 heteroatoms. The number of carbonyl (C=O) groups is 1. The Morgan fingerprint density at radius 3 is 2.74 bits per heavy atom. The lowest BCUT2D eigenvalue weighted by atomic mass is 10.2. The van der Waals surface area contributed by atoms with Crippen molar-refractivity contribution in [2.45, 2.75) is 31.1 Å². The summed E-state index contributed by atoms with van der Waals surface area (Å²) < 4.78 is 37.8. The summed E-state index contributed by atoms with van der Waals surface area (Å²) in [6, 6.07) is 4.49. The molecule has 1 aromatic heterocycles. The van der Waals surface area contributed by atoms with Crippen LogP contribution in [0.15, 0.2) is 29.4 Å². The van der Waals surface area contributed by atoms with Crippen LogP contribution in [0, 0.1) is 0 Å². The Balaban J connectivity index is 1.92. The molecule has 0 radical (unpaired) electrons. The van der Waals surface area contributed by atoms with Crippen LogP contribution in [0.3, 0.4) is 0 Å². The Bertz CT molecular complexity index is 685. The molecule has 23 heavy (non-hydrogen) atoms. The quantitative estimate of drug-likeness (QED) is 0.812. The third-order valence-corrected chi connectivity index (χ3v) is 3.68. The molecule has 0 aliphatic rings. The molecular formula is C14H15F3N4OS. The topological polar surface area (TPSA) is 70.7 Å². The number of aromatic nitrogens is 3. The lowest BCUT2D eigenvalue weighted by Gasteiger charge is -2.09. The fourth-order valence-corrected chi connectivity index (χ4v) is 2.29. The van der Waals surface area contributed by atoms with E-state index >= 15 is 0 Å². The number of carbonyl (C=O) groups excluding carboxylic acids is 1. The molecule has 0 fully saturated rings. The molecular weight excluding hydrogens is 329 g/mol. The predicted molar refractivity (Wildman–Crippen MR) is 81.3 cm³/mol. The van der Waals surface area contributed by atoms with E-state index in [0.717, 1.165) is 23.9 Å². The number of alkyl halides is 3. The Hall–Kier alpha value is -2.03. The van der Waals surface area contributed by atoms with Crippen molar-refractivity contribution >= 4 is 23.4 Å². The first-order valence-electron chi connectivity index (χ1n) is 6.78. The van der Waals surface area contributed by atoms with E-state index < -0.39 is 17.6 Å². The van der Waals surface area contributed by atoms with Gasteiger partial charge in [-0.3, -0.25) is 9.89 Å². The molecule has 1 amide bonds. The zero-order valence-corrected chi connectivity index (χ0v) is 13.3. The highest BCUT2D eigenvalue weighted by molar-refractivity contribution is 7.99. The molecule has 0 aliphatic carbocycles. The van der Waals surface area contributed by atoms with Crippen molar-refractivity contribution < 1.29 is 18.0 Å². The number of hydrogen-bond donors (Lipinski definition) is 2. The molecule has 0 saturated heterocycles. The maximum atomic E-state index is 12.6. The van der Waals surface area contributed by atoms with Crippen LogP contribution in [-0.4, -0.2) is 26.8 Å². The van der Waals surface area contributed by atoms with Crippen LogP contribution >= 0.6 is 11.8 Å². The number of nitrogens with one attached hydrogen (secondary N) is 2. The van der Waals surface area contributed by atoms with Crippen LogP contribution in [0.2, 0.25) is 0 Å². The van der Waals surface area contributed by atoms with Crippen molar-refractivity contribution in [3.63, 3.8) is 0 Å². The maximum Gasteiger partial charge on any atom is 0.416 e. The minimum atomic E-state index is -4.44. The van der Waals surface area contributed by atoms with E-state index in [0.29, 0.717) is 11.0 Å². The van der Waals surface area contributed by atoms with Crippen molar-refractivity contribution in [3.8, 4) is 0 Å². The third kappa shape index (κ3) is 4.98. The van der Waals surface area contributed by atoms with Crippen molar-refractivity contribution in [1.82, 2.24) is 15.2 Å². The molecule has 5 nitrogen and oxygen atoms in total. The molecule has 1 aromatic carbocycles. The molecule has 2 rings (SSSR count). The first-order valence-corrected chi connectivity index (χ1v) is 7.76. The largest absolute Gasteiger partial charge is 0.416 e. The molecule has 1 heterocycles. The van der Waals surface area contributed by atoms with Gasteiger partial charge in [-0.1, -0.05) is 31.7 Å².